The Kier molecular flexibility index (Phi) is 3.28. The van der Waals surface area contributed by atoms with E-state index in [1.54, 1.807) is 41.6 Å². The highest BCUT2D eigenvalue weighted by Crippen LogP contribution is 2.20. The van der Waals surface area contributed by atoms with Crippen molar-refractivity contribution >= 4 is 6.03 Å². The predicted molar refractivity (Wildman–Crippen MR) is 71.7 cm³/mol. The van der Waals surface area contributed by atoms with Gasteiger partial charge in [0.15, 0.2) is 0 Å². The molecule has 2 aromatic rings. The van der Waals surface area contributed by atoms with E-state index in [2.05, 4.69) is 4.98 Å². The number of carbonyl (C=O) groups is 1. The lowest BCUT2D eigenvalue weighted by molar-refractivity contribution is 0.0863. The molecule has 0 spiro atoms. The first-order valence-electron chi connectivity index (χ1n) is 6.41. The van der Waals surface area contributed by atoms with Crippen LogP contribution in [0.3, 0.4) is 0 Å². The van der Waals surface area contributed by atoms with Gasteiger partial charge in [-0.05, 0) is 24.3 Å². The monoisotopic (exact) mass is 273 g/mol. The fraction of sp³-hybridized carbons (Fsp3) is 0.286. The van der Waals surface area contributed by atoms with Crippen LogP contribution in [0.5, 0.6) is 11.5 Å². The van der Waals surface area contributed by atoms with Gasteiger partial charge in [-0.1, -0.05) is 0 Å². The lowest BCUT2D eigenvalue weighted by Gasteiger charge is -2.38. The van der Waals surface area contributed by atoms with Crippen LogP contribution in [0.25, 0.3) is 0 Å². The number of amides is 1. The number of nitrogens with zero attached hydrogens (tertiary/aromatic N) is 3. The molecule has 0 aliphatic carbocycles. The van der Waals surface area contributed by atoms with Crippen LogP contribution in [0, 0.1) is 5.92 Å². The molecule has 0 radical (unpaired) electrons. The van der Waals surface area contributed by atoms with Crippen LogP contribution in [0.1, 0.15) is 0 Å². The second-order valence-corrected chi connectivity index (χ2v) is 4.83. The maximum atomic E-state index is 11.9. The van der Waals surface area contributed by atoms with Gasteiger partial charge in [-0.2, -0.15) is 0 Å². The summed E-state index contributed by atoms with van der Waals surface area (Å²) >= 11 is 0. The van der Waals surface area contributed by atoms with Crippen molar-refractivity contribution in [1.82, 2.24) is 14.5 Å². The van der Waals surface area contributed by atoms with E-state index in [0.29, 0.717) is 25.6 Å². The lowest BCUT2D eigenvalue weighted by Crippen LogP contribution is -2.53. The molecule has 2 heterocycles. The van der Waals surface area contributed by atoms with E-state index < -0.39 is 0 Å². The number of benzene rings is 1. The average Bonchev–Trinajstić information content (AvgIpc) is 2.92. The van der Waals surface area contributed by atoms with Gasteiger partial charge in [-0.25, -0.2) is 9.78 Å². The molecule has 0 bridgehead atoms. The molecule has 0 unspecified atom stereocenters. The zero-order valence-corrected chi connectivity index (χ0v) is 10.8. The number of likely N-dealkylation sites (tertiary alicyclic amines) is 1. The van der Waals surface area contributed by atoms with Crippen molar-refractivity contribution in [2.24, 2.45) is 5.92 Å². The fourth-order valence-corrected chi connectivity index (χ4v) is 2.12. The molecular formula is C14H15N3O3. The minimum absolute atomic E-state index is 0.0524. The van der Waals surface area contributed by atoms with Gasteiger partial charge in [0.1, 0.15) is 17.8 Å². The molecule has 1 aliphatic heterocycles. The standard InChI is InChI=1S/C14H15N3O3/c18-12-1-3-13(4-2-12)20-9-11-7-17(8-11)14(19)16-6-5-15-10-16/h1-6,10-11,18H,7-9H2. The van der Waals surface area contributed by atoms with Crippen molar-refractivity contribution in [3.63, 3.8) is 0 Å². The number of imidazole rings is 1. The Labute approximate surface area is 116 Å². The first kappa shape index (κ1) is 12.5. The van der Waals surface area contributed by atoms with Gasteiger partial charge in [0.25, 0.3) is 0 Å². The van der Waals surface area contributed by atoms with Gasteiger partial charge in [0.05, 0.1) is 6.61 Å². The van der Waals surface area contributed by atoms with E-state index in [0.717, 1.165) is 5.75 Å². The molecule has 1 aromatic carbocycles. The van der Waals surface area contributed by atoms with Crippen LogP contribution in [0.2, 0.25) is 0 Å². The molecule has 1 N–H and O–H groups in total. The predicted octanol–water partition coefficient (Wildman–Crippen LogP) is 1.57. The normalized spacial score (nSPS) is 14.9. The molecule has 1 saturated heterocycles. The third-order valence-electron chi connectivity index (χ3n) is 3.28. The van der Waals surface area contributed by atoms with E-state index in [1.165, 1.54) is 10.9 Å². The number of phenolic OH excluding ortho intramolecular Hbond substituents is 1. The number of aromatic nitrogens is 2. The zero-order valence-electron chi connectivity index (χ0n) is 10.8. The summed E-state index contributed by atoms with van der Waals surface area (Å²) in [5.41, 5.74) is 0. The van der Waals surface area contributed by atoms with Crippen LogP contribution in [0.4, 0.5) is 4.79 Å². The second-order valence-electron chi connectivity index (χ2n) is 4.83. The maximum absolute atomic E-state index is 11.9. The number of rotatable bonds is 3. The van der Waals surface area contributed by atoms with Crippen molar-refractivity contribution in [2.45, 2.75) is 0 Å². The summed E-state index contributed by atoms with van der Waals surface area (Å²) in [6.07, 6.45) is 4.73. The molecule has 104 valence electrons. The highest BCUT2D eigenvalue weighted by atomic mass is 16.5. The van der Waals surface area contributed by atoms with E-state index in [-0.39, 0.29) is 11.8 Å². The van der Waals surface area contributed by atoms with Gasteiger partial charge in [0.2, 0.25) is 0 Å². The van der Waals surface area contributed by atoms with Gasteiger partial charge in [0, 0.05) is 31.4 Å². The first-order chi connectivity index (χ1) is 9.72. The van der Waals surface area contributed by atoms with Gasteiger partial charge in [-0.3, -0.25) is 4.57 Å². The number of ether oxygens (including phenoxy) is 1. The molecule has 1 fully saturated rings. The van der Waals surface area contributed by atoms with Gasteiger partial charge < -0.3 is 14.7 Å². The minimum Gasteiger partial charge on any atom is -0.508 e. The molecule has 20 heavy (non-hydrogen) atoms. The summed E-state index contributed by atoms with van der Waals surface area (Å²) < 4.78 is 7.08. The summed E-state index contributed by atoms with van der Waals surface area (Å²) in [6, 6.07) is 6.57. The van der Waals surface area contributed by atoms with Crippen LogP contribution < -0.4 is 4.74 Å². The molecule has 6 nitrogen and oxygen atoms in total. The Hall–Kier alpha value is -2.50. The van der Waals surface area contributed by atoms with Crippen molar-refractivity contribution in [3.8, 4) is 11.5 Å². The van der Waals surface area contributed by atoms with Gasteiger partial charge >= 0.3 is 6.03 Å². The maximum Gasteiger partial charge on any atom is 0.329 e. The van der Waals surface area contributed by atoms with E-state index in [9.17, 15) is 9.90 Å². The summed E-state index contributed by atoms with van der Waals surface area (Å²) in [6.45, 7) is 1.95. The Morgan fingerprint density at radius 2 is 2.10 bits per heavy atom. The number of hydrogen-bond donors (Lipinski definition) is 1. The first-order valence-corrected chi connectivity index (χ1v) is 6.41. The van der Waals surface area contributed by atoms with E-state index >= 15 is 0 Å². The third-order valence-corrected chi connectivity index (χ3v) is 3.28. The Balaban J connectivity index is 1.44. The summed E-state index contributed by atoms with van der Waals surface area (Å²) in [7, 11) is 0. The van der Waals surface area contributed by atoms with Crippen LogP contribution in [-0.2, 0) is 0 Å². The number of hydrogen-bond acceptors (Lipinski definition) is 4. The van der Waals surface area contributed by atoms with Crippen molar-refractivity contribution in [2.75, 3.05) is 19.7 Å². The lowest BCUT2D eigenvalue weighted by atomic mass is 10.0. The van der Waals surface area contributed by atoms with E-state index in [4.69, 9.17) is 4.74 Å². The SMILES string of the molecule is O=C(N1CC(COc2ccc(O)cc2)C1)n1ccnc1. The van der Waals surface area contributed by atoms with Gasteiger partial charge in [-0.15, -0.1) is 0 Å². The topological polar surface area (TPSA) is 67.6 Å². The third kappa shape index (κ3) is 2.59. The van der Waals surface area contributed by atoms with Crippen LogP contribution in [-0.4, -0.2) is 45.3 Å². The summed E-state index contributed by atoms with van der Waals surface area (Å²) in [5, 5.41) is 9.17. The van der Waals surface area contributed by atoms with Crippen LogP contribution >= 0.6 is 0 Å². The van der Waals surface area contributed by atoms with Crippen LogP contribution in [0.15, 0.2) is 43.0 Å². The molecule has 0 atom stereocenters. The minimum atomic E-state index is -0.0524. The van der Waals surface area contributed by atoms with Crippen molar-refractivity contribution < 1.29 is 14.6 Å². The molecule has 1 amide bonds. The Morgan fingerprint density at radius 1 is 1.35 bits per heavy atom. The summed E-state index contributed by atoms with van der Waals surface area (Å²) in [4.78, 5) is 17.5. The quantitative estimate of drug-likeness (QED) is 0.921. The number of carbonyl (C=O) groups excluding carboxylic acids is 1. The molecular weight excluding hydrogens is 258 g/mol. The fourth-order valence-electron chi connectivity index (χ4n) is 2.12. The zero-order chi connectivity index (χ0) is 13.9. The number of aromatic hydroxyl groups is 1. The average molecular weight is 273 g/mol. The Morgan fingerprint density at radius 3 is 2.75 bits per heavy atom. The largest absolute Gasteiger partial charge is 0.508 e. The number of phenols is 1. The van der Waals surface area contributed by atoms with Crippen molar-refractivity contribution in [3.05, 3.63) is 43.0 Å². The highest BCUT2D eigenvalue weighted by Gasteiger charge is 2.31. The highest BCUT2D eigenvalue weighted by molar-refractivity contribution is 5.77. The molecule has 1 aliphatic rings. The molecule has 3 rings (SSSR count). The van der Waals surface area contributed by atoms with E-state index in [1.807, 2.05) is 0 Å². The molecule has 6 heteroatoms. The summed E-state index contributed by atoms with van der Waals surface area (Å²) in [5.74, 6) is 1.29. The molecule has 1 aromatic heterocycles. The van der Waals surface area contributed by atoms with Crippen molar-refractivity contribution in [1.29, 1.82) is 0 Å². The Bertz CT molecular complexity index is 574. The second kappa shape index (κ2) is 5.24. The smallest absolute Gasteiger partial charge is 0.329 e. The molecule has 0 saturated carbocycles.